The summed E-state index contributed by atoms with van der Waals surface area (Å²) in [5.74, 6) is 1.53. The number of benzene rings is 1. The summed E-state index contributed by atoms with van der Waals surface area (Å²) in [7, 11) is 0. The number of hydrogen-bond acceptors (Lipinski definition) is 1. The van der Waals surface area contributed by atoms with Gasteiger partial charge in [0, 0.05) is 10.5 Å². The summed E-state index contributed by atoms with van der Waals surface area (Å²) in [4.78, 5) is 0. The first-order chi connectivity index (χ1) is 8.61. The van der Waals surface area contributed by atoms with Crippen LogP contribution in [0, 0.1) is 11.8 Å². The Labute approximate surface area is 123 Å². The van der Waals surface area contributed by atoms with Crippen molar-refractivity contribution in [1.82, 2.24) is 0 Å². The maximum absolute atomic E-state index is 6.40. The van der Waals surface area contributed by atoms with Gasteiger partial charge in [-0.2, -0.15) is 0 Å². The molecule has 0 radical (unpaired) electrons. The summed E-state index contributed by atoms with van der Waals surface area (Å²) >= 11 is 9.56. The van der Waals surface area contributed by atoms with E-state index in [1.54, 1.807) is 0 Å². The van der Waals surface area contributed by atoms with E-state index in [0.717, 1.165) is 15.4 Å². The second-order valence-corrected chi connectivity index (χ2v) is 6.65. The Morgan fingerprint density at radius 1 is 1.33 bits per heavy atom. The Kier molecular flexibility index (Phi) is 5.11. The monoisotopic (exact) mass is 329 g/mol. The van der Waals surface area contributed by atoms with Gasteiger partial charge in [-0.1, -0.05) is 43.9 Å². The smallest absolute Gasteiger partial charge is 0.0551 e. The zero-order valence-corrected chi connectivity index (χ0v) is 13.2. The first-order valence-electron chi connectivity index (χ1n) is 6.82. The van der Waals surface area contributed by atoms with Crippen LogP contribution in [0.2, 0.25) is 5.02 Å². The highest BCUT2D eigenvalue weighted by atomic mass is 79.9. The van der Waals surface area contributed by atoms with Crippen molar-refractivity contribution < 1.29 is 0 Å². The maximum atomic E-state index is 6.40. The standard InChI is InChI=1S/C15H21BrClN/c1-2-10-3-5-11(6-4-10)15(18)12-7-8-13(16)14(17)9-12/h7-11,15H,2-6,18H2,1H3. The third-order valence-corrected chi connectivity index (χ3v) is 5.54. The van der Waals surface area contributed by atoms with Crippen molar-refractivity contribution >= 4 is 27.5 Å². The van der Waals surface area contributed by atoms with E-state index in [2.05, 4.69) is 28.9 Å². The molecule has 1 aromatic rings. The van der Waals surface area contributed by atoms with Gasteiger partial charge in [-0.15, -0.1) is 0 Å². The fourth-order valence-electron chi connectivity index (χ4n) is 2.95. The van der Waals surface area contributed by atoms with Crippen LogP contribution in [0.15, 0.2) is 22.7 Å². The largest absolute Gasteiger partial charge is 0.324 e. The van der Waals surface area contributed by atoms with E-state index in [-0.39, 0.29) is 6.04 Å². The van der Waals surface area contributed by atoms with Crippen molar-refractivity contribution in [2.24, 2.45) is 17.6 Å². The lowest BCUT2D eigenvalue weighted by molar-refractivity contribution is 0.240. The van der Waals surface area contributed by atoms with Gasteiger partial charge >= 0.3 is 0 Å². The molecule has 0 aromatic heterocycles. The van der Waals surface area contributed by atoms with Crippen molar-refractivity contribution in [2.75, 3.05) is 0 Å². The minimum atomic E-state index is 0.133. The topological polar surface area (TPSA) is 26.0 Å². The molecule has 2 rings (SSSR count). The van der Waals surface area contributed by atoms with Gasteiger partial charge in [0.25, 0.3) is 0 Å². The van der Waals surface area contributed by atoms with Crippen LogP contribution in [0.1, 0.15) is 50.6 Å². The maximum Gasteiger partial charge on any atom is 0.0551 e. The van der Waals surface area contributed by atoms with Crippen LogP contribution in [0.4, 0.5) is 0 Å². The average Bonchev–Trinajstić information content (AvgIpc) is 2.41. The zero-order chi connectivity index (χ0) is 13.1. The first kappa shape index (κ1) is 14.4. The van der Waals surface area contributed by atoms with E-state index in [1.165, 1.54) is 37.7 Å². The Hall–Kier alpha value is -0.0500. The molecule has 1 aromatic carbocycles. The molecule has 1 aliphatic carbocycles. The van der Waals surface area contributed by atoms with Gasteiger partial charge in [0.15, 0.2) is 0 Å². The Balaban J connectivity index is 2.03. The molecule has 0 heterocycles. The van der Waals surface area contributed by atoms with Crippen LogP contribution < -0.4 is 5.73 Å². The quantitative estimate of drug-likeness (QED) is 0.797. The van der Waals surface area contributed by atoms with Crippen LogP contribution in [-0.4, -0.2) is 0 Å². The van der Waals surface area contributed by atoms with E-state index >= 15 is 0 Å². The van der Waals surface area contributed by atoms with Gasteiger partial charge < -0.3 is 5.73 Å². The van der Waals surface area contributed by atoms with E-state index in [1.807, 2.05) is 12.1 Å². The molecular weight excluding hydrogens is 310 g/mol. The summed E-state index contributed by atoms with van der Waals surface area (Å²) in [5, 5.41) is 0.755. The van der Waals surface area contributed by atoms with Gasteiger partial charge in [0.2, 0.25) is 0 Å². The highest BCUT2D eigenvalue weighted by Crippen LogP contribution is 2.37. The van der Waals surface area contributed by atoms with Gasteiger partial charge in [0.05, 0.1) is 5.02 Å². The minimum absolute atomic E-state index is 0.133. The van der Waals surface area contributed by atoms with Crippen molar-refractivity contribution in [1.29, 1.82) is 0 Å². The summed E-state index contributed by atoms with van der Waals surface area (Å²) in [5.41, 5.74) is 7.57. The fourth-order valence-corrected chi connectivity index (χ4v) is 3.38. The molecule has 0 amide bonds. The summed E-state index contributed by atoms with van der Waals surface area (Å²) in [6, 6.07) is 6.22. The minimum Gasteiger partial charge on any atom is -0.324 e. The molecule has 1 unspecified atom stereocenters. The van der Waals surface area contributed by atoms with Crippen molar-refractivity contribution in [3.05, 3.63) is 33.3 Å². The van der Waals surface area contributed by atoms with Crippen molar-refractivity contribution in [3.8, 4) is 0 Å². The second-order valence-electron chi connectivity index (χ2n) is 5.39. The predicted octanol–water partition coefficient (Wildman–Crippen LogP) is 5.32. The lowest BCUT2D eigenvalue weighted by Gasteiger charge is -2.32. The number of hydrogen-bond donors (Lipinski definition) is 1. The number of rotatable bonds is 3. The molecule has 1 fully saturated rings. The van der Waals surface area contributed by atoms with E-state index < -0.39 is 0 Å². The van der Waals surface area contributed by atoms with Crippen LogP contribution >= 0.6 is 27.5 Å². The fraction of sp³-hybridized carbons (Fsp3) is 0.600. The Morgan fingerprint density at radius 3 is 2.56 bits per heavy atom. The molecule has 1 nitrogen and oxygen atoms in total. The molecule has 2 N–H and O–H groups in total. The van der Waals surface area contributed by atoms with Gasteiger partial charge in [-0.05, 0) is 58.3 Å². The molecule has 3 heteroatoms. The molecule has 0 bridgehead atoms. The molecule has 1 aliphatic rings. The highest BCUT2D eigenvalue weighted by Gasteiger charge is 2.25. The molecule has 18 heavy (non-hydrogen) atoms. The molecule has 0 saturated heterocycles. The SMILES string of the molecule is CCC1CCC(C(N)c2ccc(Br)c(Cl)c2)CC1. The highest BCUT2D eigenvalue weighted by molar-refractivity contribution is 9.10. The summed E-state index contributed by atoms with van der Waals surface area (Å²) in [6.45, 7) is 2.29. The van der Waals surface area contributed by atoms with Crippen LogP contribution in [0.3, 0.4) is 0 Å². The molecule has 1 saturated carbocycles. The third kappa shape index (κ3) is 3.28. The Bertz CT molecular complexity index is 399. The lowest BCUT2D eigenvalue weighted by Crippen LogP contribution is -2.26. The normalized spacial score (nSPS) is 26.0. The van der Waals surface area contributed by atoms with E-state index in [4.69, 9.17) is 17.3 Å². The molecule has 0 spiro atoms. The predicted molar refractivity (Wildman–Crippen MR) is 81.8 cm³/mol. The molecule has 100 valence electrons. The van der Waals surface area contributed by atoms with Crippen LogP contribution in [0.25, 0.3) is 0 Å². The summed E-state index contributed by atoms with van der Waals surface area (Å²) in [6.07, 6.45) is 6.49. The molecule has 0 aliphatic heterocycles. The average molecular weight is 331 g/mol. The van der Waals surface area contributed by atoms with Crippen molar-refractivity contribution in [2.45, 2.75) is 45.1 Å². The van der Waals surface area contributed by atoms with Gasteiger partial charge in [0.1, 0.15) is 0 Å². The number of nitrogens with two attached hydrogens (primary N) is 1. The van der Waals surface area contributed by atoms with E-state index in [0.29, 0.717) is 5.92 Å². The molecular formula is C15H21BrClN. The van der Waals surface area contributed by atoms with Crippen molar-refractivity contribution in [3.63, 3.8) is 0 Å². The van der Waals surface area contributed by atoms with Crippen LogP contribution in [0.5, 0.6) is 0 Å². The third-order valence-electron chi connectivity index (χ3n) is 4.31. The van der Waals surface area contributed by atoms with E-state index in [9.17, 15) is 0 Å². The molecule has 1 atom stereocenters. The summed E-state index contributed by atoms with van der Waals surface area (Å²) < 4.78 is 0.940. The van der Waals surface area contributed by atoms with Gasteiger partial charge in [-0.3, -0.25) is 0 Å². The van der Waals surface area contributed by atoms with Gasteiger partial charge in [-0.25, -0.2) is 0 Å². The Morgan fingerprint density at radius 2 is 2.00 bits per heavy atom. The number of halogens is 2. The lowest BCUT2D eigenvalue weighted by atomic mass is 9.76. The zero-order valence-electron chi connectivity index (χ0n) is 10.8. The first-order valence-corrected chi connectivity index (χ1v) is 7.99. The van der Waals surface area contributed by atoms with Crippen LogP contribution in [-0.2, 0) is 0 Å². The second kappa shape index (κ2) is 6.40.